The minimum atomic E-state index is -0.136. The molecule has 1 unspecified atom stereocenters. The van der Waals surface area contributed by atoms with Crippen LogP contribution in [-0.4, -0.2) is 51.3 Å². The van der Waals surface area contributed by atoms with Crippen molar-refractivity contribution in [1.82, 2.24) is 19.2 Å². The van der Waals surface area contributed by atoms with Crippen LogP contribution in [0.25, 0.3) is 5.65 Å². The molecule has 5 nitrogen and oxygen atoms in total. The van der Waals surface area contributed by atoms with Crippen LogP contribution in [0.2, 0.25) is 0 Å². The van der Waals surface area contributed by atoms with E-state index >= 15 is 0 Å². The number of carbonyl (C=O) groups excluding carboxylic acids is 1. The Morgan fingerprint density at radius 2 is 2.16 bits per heavy atom. The highest BCUT2D eigenvalue weighted by Crippen LogP contribution is 2.40. The topological polar surface area (TPSA) is 40.9 Å². The van der Waals surface area contributed by atoms with Crippen LogP contribution in [0.4, 0.5) is 0 Å². The van der Waals surface area contributed by atoms with E-state index in [1.807, 2.05) is 0 Å². The van der Waals surface area contributed by atoms with Crippen LogP contribution in [0.5, 0.6) is 0 Å². The van der Waals surface area contributed by atoms with Gasteiger partial charge in [-0.2, -0.15) is 0 Å². The molecule has 2 aliphatic heterocycles. The van der Waals surface area contributed by atoms with E-state index < -0.39 is 0 Å². The first-order valence-electron chi connectivity index (χ1n) is 9.56. The zero-order valence-electron chi connectivity index (χ0n) is 15.4. The van der Waals surface area contributed by atoms with Crippen molar-refractivity contribution in [3.63, 3.8) is 0 Å². The van der Waals surface area contributed by atoms with Crippen LogP contribution in [-0.2, 0) is 11.3 Å². The highest BCUT2D eigenvalue weighted by atomic mass is 16.2. The van der Waals surface area contributed by atoms with Crippen molar-refractivity contribution >= 4 is 11.6 Å². The fraction of sp³-hybridized carbons (Fsp3) is 0.600. The van der Waals surface area contributed by atoms with Gasteiger partial charge in [-0.05, 0) is 56.8 Å². The van der Waals surface area contributed by atoms with Crippen molar-refractivity contribution in [2.24, 2.45) is 5.41 Å². The molecule has 0 N–H and O–H groups in total. The van der Waals surface area contributed by atoms with E-state index in [1.54, 1.807) is 0 Å². The van der Waals surface area contributed by atoms with Crippen LogP contribution in [0.3, 0.4) is 0 Å². The number of rotatable bonds is 4. The van der Waals surface area contributed by atoms with Gasteiger partial charge in [0.1, 0.15) is 5.65 Å². The lowest BCUT2D eigenvalue weighted by atomic mass is 9.78. The molecule has 1 atom stereocenters. The Bertz CT molecular complexity index is 781. The summed E-state index contributed by atoms with van der Waals surface area (Å²) in [5.74, 6) is 0.397. The normalized spacial score (nSPS) is 24.7. The fourth-order valence-electron chi connectivity index (χ4n) is 4.55. The third-order valence-corrected chi connectivity index (χ3v) is 5.80. The van der Waals surface area contributed by atoms with E-state index in [1.165, 1.54) is 5.56 Å². The number of fused-ring (bicyclic) bond motifs is 1. The lowest BCUT2D eigenvalue weighted by molar-refractivity contribution is -0.145. The third kappa shape index (κ3) is 3.06. The number of pyridine rings is 1. The Morgan fingerprint density at radius 1 is 1.28 bits per heavy atom. The van der Waals surface area contributed by atoms with E-state index in [-0.39, 0.29) is 5.41 Å². The van der Waals surface area contributed by atoms with Gasteiger partial charge in [0, 0.05) is 38.6 Å². The summed E-state index contributed by atoms with van der Waals surface area (Å²) in [7, 11) is 0. The molecule has 25 heavy (non-hydrogen) atoms. The first-order chi connectivity index (χ1) is 12.1. The molecule has 0 saturated carbocycles. The highest BCUT2D eigenvalue weighted by molar-refractivity contribution is 5.84. The summed E-state index contributed by atoms with van der Waals surface area (Å²) < 4.78 is 2.09. The van der Waals surface area contributed by atoms with Crippen LogP contribution >= 0.6 is 0 Å². The second kappa shape index (κ2) is 6.45. The lowest BCUT2D eigenvalue weighted by Gasteiger charge is -2.39. The molecule has 1 amide bonds. The maximum atomic E-state index is 13.0. The molecule has 4 heterocycles. The summed E-state index contributed by atoms with van der Waals surface area (Å²) in [6, 6.07) is 4.22. The molecular weight excluding hydrogens is 312 g/mol. The minimum absolute atomic E-state index is 0.136. The minimum Gasteiger partial charge on any atom is -0.342 e. The van der Waals surface area contributed by atoms with Gasteiger partial charge < -0.3 is 9.30 Å². The largest absolute Gasteiger partial charge is 0.342 e. The van der Waals surface area contributed by atoms with Gasteiger partial charge in [0.2, 0.25) is 5.91 Å². The van der Waals surface area contributed by atoms with Gasteiger partial charge >= 0.3 is 0 Å². The lowest BCUT2D eigenvalue weighted by Crippen LogP contribution is -2.50. The monoisotopic (exact) mass is 340 g/mol. The number of likely N-dealkylation sites (tertiary alicyclic amines) is 2. The number of aryl methyl sites for hydroxylation is 1. The van der Waals surface area contributed by atoms with Gasteiger partial charge in [0.05, 0.1) is 11.1 Å². The van der Waals surface area contributed by atoms with Gasteiger partial charge in [0.15, 0.2) is 0 Å². The molecule has 1 spiro atoms. The zero-order valence-corrected chi connectivity index (χ0v) is 15.4. The van der Waals surface area contributed by atoms with Crippen LogP contribution in [0.1, 0.15) is 43.9 Å². The Hall–Kier alpha value is -1.88. The zero-order chi connectivity index (χ0) is 17.4. The molecule has 0 aromatic carbocycles. The Labute approximate surface area is 149 Å². The predicted octanol–water partition coefficient (Wildman–Crippen LogP) is 2.87. The molecule has 0 aliphatic carbocycles. The molecule has 0 bridgehead atoms. The number of aromatic nitrogens is 2. The fourth-order valence-corrected chi connectivity index (χ4v) is 4.55. The van der Waals surface area contributed by atoms with E-state index in [0.717, 1.165) is 69.7 Å². The summed E-state index contributed by atoms with van der Waals surface area (Å²) in [5, 5.41) is 0. The van der Waals surface area contributed by atoms with Gasteiger partial charge in [-0.1, -0.05) is 6.92 Å². The standard InChI is InChI=1S/C20H28N4O/c1-3-8-23-9-4-6-20(19(23)25)7-11-22(15-20)13-17-14-24-10-5-16(2)12-18(24)21-17/h5,10,12,14H,3-4,6-9,11,13,15H2,1-2H3. The number of amides is 1. The highest BCUT2D eigenvalue weighted by Gasteiger charge is 2.47. The molecule has 2 fully saturated rings. The maximum Gasteiger partial charge on any atom is 0.230 e. The number of nitrogens with zero attached hydrogens (tertiary/aromatic N) is 4. The van der Waals surface area contributed by atoms with Gasteiger partial charge in [-0.15, -0.1) is 0 Å². The van der Waals surface area contributed by atoms with E-state index in [2.05, 4.69) is 52.6 Å². The van der Waals surface area contributed by atoms with Crippen LogP contribution in [0, 0.1) is 12.3 Å². The third-order valence-electron chi connectivity index (χ3n) is 5.80. The molecule has 2 aromatic heterocycles. The second-order valence-electron chi connectivity index (χ2n) is 7.84. The smallest absolute Gasteiger partial charge is 0.230 e. The average molecular weight is 340 g/mol. The first-order valence-corrected chi connectivity index (χ1v) is 9.56. The summed E-state index contributed by atoms with van der Waals surface area (Å²) in [5.41, 5.74) is 3.19. The molecule has 2 aromatic rings. The van der Waals surface area contributed by atoms with Crippen LogP contribution < -0.4 is 0 Å². The second-order valence-corrected chi connectivity index (χ2v) is 7.84. The first kappa shape index (κ1) is 16.6. The van der Waals surface area contributed by atoms with Crippen LogP contribution in [0.15, 0.2) is 24.5 Å². The van der Waals surface area contributed by atoms with E-state index in [9.17, 15) is 4.79 Å². The summed E-state index contributed by atoms with van der Waals surface area (Å²) in [4.78, 5) is 22.3. The number of carbonyl (C=O) groups is 1. The molecule has 4 rings (SSSR count). The molecule has 0 radical (unpaired) electrons. The number of piperidine rings is 1. The summed E-state index contributed by atoms with van der Waals surface area (Å²) in [6.07, 6.45) is 8.43. The average Bonchev–Trinajstić information content (AvgIpc) is 3.16. The number of hydrogen-bond donors (Lipinski definition) is 0. The van der Waals surface area contributed by atoms with Gasteiger partial charge in [-0.25, -0.2) is 4.98 Å². The van der Waals surface area contributed by atoms with Gasteiger partial charge in [0.25, 0.3) is 0 Å². The predicted molar refractivity (Wildman–Crippen MR) is 98.4 cm³/mol. The summed E-state index contributed by atoms with van der Waals surface area (Å²) in [6.45, 7) is 8.82. The van der Waals surface area contributed by atoms with Crippen molar-refractivity contribution in [3.8, 4) is 0 Å². The van der Waals surface area contributed by atoms with Gasteiger partial charge in [-0.3, -0.25) is 9.69 Å². The van der Waals surface area contributed by atoms with Crippen molar-refractivity contribution < 1.29 is 4.79 Å². The van der Waals surface area contributed by atoms with Crippen molar-refractivity contribution in [3.05, 3.63) is 35.8 Å². The molecule has 134 valence electrons. The number of imidazole rings is 1. The van der Waals surface area contributed by atoms with Crippen molar-refractivity contribution in [2.75, 3.05) is 26.2 Å². The summed E-state index contributed by atoms with van der Waals surface area (Å²) >= 11 is 0. The Kier molecular flexibility index (Phi) is 4.28. The molecule has 2 aliphatic rings. The molecule has 5 heteroatoms. The SMILES string of the molecule is CCCN1CCCC2(CCN(Cc3cn4ccc(C)cc4n3)C2)C1=O. The molecule has 2 saturated heterocycles. The Balaban J connectivity index is 1.47. The Morgan fingerprint density at radius 3 is 3.00 bits per heavy atom. The van der Waals surface area contributed by atoms with Crippen molar-refractivity contribution in [2.45, 2.75) is 46.1 Å². The van der Waals surface area contributed by atoms with E-state index in [4.69, 9.17) is 4.98 Å². The molecular formula is C20H28N4O. The quantitative estimate of drug-likeness (QED) is 0.859. The van der Waals surface area contributed by atoms with E-state index in [0.29, 0.717) is 5.91 Å². The van der Waals surface area contributed by atoms with Crippen molar-refractivity contribution in [1.29, 1.82) is 0 Å². The maximum absolute atomic E-state index is 13.0. The number of hydrogen-bond acceptors (Lipinski definition) is 3.